The number of thioether (sulfide) groups is 1. The fourth-order valence-electron chi connectivity index (χ4n) is 4.12. The Morgan fingerprint density at radius 2 is 2.03 bits per heavy atom. The molecule has 2 heterocycles. The molecule has 0 saturated carbocycles. The average Bonchev–Trinajstić information content (AvgIpc) is 3.06. The Morgan fingerprint density at radius 1 is 1.30 bits per heavy atom. The molecule has 0 saturated heterocycles. The third-order valence-corrected chi connectivity index (χ3v) is 7.98. The number of carbonyl (C=O) groups is 1. The van der Waals surface area contributed by atoms with Gasteiger partial charge in [-0.05, 0) is 41.7 Å². The highest BCUT2D eigenvalue weighted by Gasteiger charge is 2.32. The molecule has 4 rings (SSSR count). The summed E-state index contributed by atoms with van der Waals surface area (Å²) in [5.41, 5.74) is 2.33. The number of carboxylic acid groups (broad SMARTS) is 1. The number of hydrogen-bond donors (Lipinski definition) is 1. The van der Waals surface area contributed by atoms with Gasteiger partial charge in [-0.25, -0.2) is 4.98 Å². The van der Waals surface area contributed by atoms with Crippen LogP contribution >= 0.6 is 23.1 Å². The second-order valence-corrected chi connectivity index (χ2v) is 11.0. The number of hydrogen-bond acceptors (Lipinski definition) is 5. The number of nitrogens with zero attached hydrogens (tertiary/aromatic N) is 2. The minimum Gasteiger partial charge on any atom is -0.481 e. The Balaban J connectivity index is 1.82. The summed E-state index contributed by atoms with van der Waals surface area (Å²) in [7, 11) is 0. The molecule has 3 aromatic rings. The largest absolute Gasteiger partial charge is 0.481 e. The van der Waals surface area contributed by atoms with Crippen LogP contribution in [0.3, 0.4) is 0 Å². The second-order valence-electron chi connectivity index (χ2n) is 8.94. The van der Waals surface area contributed by atoms with E-state index in [2.05, 4.69) is 20.8 Å². The molecule has 158 valence electrons. The van der Waals surface area contributed by atoms with E-state index in [0.29, 0.717) is 17.6 Å². The molecule has 0 spiro atoms. The average molecular weight is 443 g/mol. The van der Waals surface area contributed by atoms with Crippen LogP contribution in [0.5, 0.6) is 0 Å². The monoisotopic (exact) mass is 442 g/mol. The maximum Gasteiger partial charge on any atom is 0.313 e. The van der Waals surface area contributed by atoms with Crippen molar-refractivity contribution >= 4 is 39.3 Å². The molecule has 30 heavy (non-hydrogen) atoms. The van der Waals surface area contributed by atoms with Gasteiger partial charge in [0.05, 0.1) is 17.7 Å². The highest BCUT2D eigenvalue weighted by molar-refractivity contribution is 7.99. The number of carboxylic acids is 1. The Hall–Kier alpha value is -2.12. The van der Waals surface area contributed by atoms with Crippen molar-refractivity contribution < 1.29 is 9.90 Å². The Bertz CT molecular complexity index is 1140. The highest BCUT2D eigenvalue weighted by Crippen LogP contribution is 2.42. The Morgan fingerprint density at radius 3 is 2.70 bits per heavy atom. The summed E-state index contributed by atoms with van der Waals surface area (Å²) in [6.45, 7) is 7.23. The molecule has 0 amide bonds. The van der Waals surface area contributed by atoms with Crippen LogP contribution in [0.4, 0.5) is 0 Å². The molecule has 1 N–H and O–H groups in total. The van der Waals surface area contributed by atoms with Crippen molar-refractivity contribution in [1.82, 2.24) is 9.55 Å². The molecule has 0 fully saturated rings. The number of aliphatic carboxylic acids is 1. The lowest BCUT2D eigenvalue weighted by Gasteiger charge is -2.33. The third-order valence-electron chi connectivity index (χ3n) is 5.87. The van der Waals surface area contributed by atoms with Crippen LogP contribution in [-0.2, 0) is 24.2 Å². The Labute approximate surface area is 184 Å². The molecule has 1 aliphatic carbocycles. The first-order valence-corrected chi connectivity index (χ1v) is 12.0. The minimum absolute atomic E-state index is 0.0524. The van der Waals surface area contributed by atoms with E-state index in [4.69, 9.17) is 10.1 Å². The topological polar surface area (TPSA) is 72.2 Å². The van der Waals surface area contributed by atoms with Crippen LogP contribution in [0.15, 0.2) is 40.3 Å². The molecule has 0 unspecified atom stereocenters. The molecule has 2 aromatic heterocycles. The standard InChI is InChI=1S/C23H26N2O3S2/c1-23(2,3)15-9-10-16-17(11-15)30-20-19(16)21(28)25(12-14-7-5-4-6-8-14)22(24-20)29-13-18(26)27/h4-8,15H,9-13H2,1-3H3,(H,26,27)/t15-/m1/s1. The molecule has 5 nitrogen and oxygen atoms in total. The summed E-state index contributed by atoms with van der Waals surface area (Å²) in [6.07, 6.45) is 2.96. The number of rotatable bonds is 5. The van der Waals surface area contributed by atoms with Gasteiger partial charge in [0.25, 0.3) is 5.56 Å². The van der Waals surface area contributed by atoms with Crippen LogP contribution in [0.2, 0.25) is 0 Å². The predicted octanol–water partition coefficient (Wildman–Crippen LogP) is 4.83. The van der Waals surface area contributed by atoms with Crippen molar-refractivity contribution in [3.63, 3.8) is 0 Å². The van der Waals surface area contributed by atoms with Gasteiger partial charge >= 0.3 is 5.97 Å². The van der Waals surface area contributed by atoms with Crippen molar-refractivity contribution in [1.29, 1.82) is 0 Å². The van der Waals surface area contributed by atoms with Gasteiger partial charge in [-0.2, -0.15) is 0 Å². The first-order chi connectivity index (χ1) is 14.2. The summed E-state index contributed by atoms with van der Waals surface area (Å²) in [5.74, 6) is -0.450. The lowest BCUT2D eigenvalue weighted by atomic mass is 9.72. The smallest absolute Gasteiger partial charge is 0.313 e. The van der Waals surface area contributed by atoms with Crippen molar-refractivity contribution in [2.45, 2.75) is 51.7 Å². The van der Waals surface area contributed by atoms with Crippen molar-refractivity contribution in [2.75, 3.05) is 5.75 Å². The van der Waals surface area contributed by atoms with E-state index in [1.54, 1.807) is 15.9 Å². The summed E-state index contributed by atoms with van der Waals surface area (Å²) in [6, 6.07) is 9.76. The molecule has 1 aromatic carbocycles. The third kappa shape index (κ3) is 4.18. The molecule has 1 atom stereocenters. The first-order valence-electron chi connectivity index (χ1n) is 10.2. The van der Waals surface area contributed by atoms with Gasteiger partial charge in [0.1, 0.15) is 4.83 Å². The lowest BCUT2D eigenvalue weighted by Crippen LogP contribution is -2.27. The normalized spacial score (nSPS) is 16.6. The molecule has 0 radical (unpaired) electrons. The maximum absolute atomic E-state index is 13.6. The number of aryl methyl sites for hydroxylation is 1. The molecule has 1 aliphatic rings. The van der Waals surface area contributed by atoms with E-state index in [1.165, 1.54) is 4.88 Å². The number of fused-ring (bicyclic) bond motifs is 3. The van der Waals surface area contributed by atoms with Crippen LogP contribution in [-0.4, -0.2) is 26.4 Å². The number of thiophene rings is 1. The van der Waals surface area contributed by atoms with Gasteiger partial charge in [-0.1, -0.05) is 62.9 Å². The van der Waals surface area contributed by atoms with E-state index in [9.17, 15) is 9.59 Å². The summed E-state index contributed by atoms with van der Waals surface area (Å²) >= 11 is 2.73. The molecule has 7 heteroatoms. The molecular formula is C23H26N2O3S2. The zero-order chi connectivity index (χ0) is 21.5. The van der Waals surface area contributed by atoms with Gasteiger partial charge in [-0.15, -0.1) is 11.3 Å². The highest BCUT2D eigenvalue weighted by atomic mass is 32.2. The molecular weight excluding hydrogens is 416 g/mol. The molecule has 0 bridgehead atoms. The van der Waals surface area contributed by atoms with Gasteiger partial charge in [0, 0.05) is 4.88 Å². The SMILES string of the molecule is CC(C)(C)[C@@H]1CCc2c(sc3nc(SCC(=O)O)n(Cc4ccccc4)c(=O)c23)C1. The zero-order valence-electron chi connectivity index (χ0n) is 17.5. The van der Waals surface area contributed by atoms with Gasteiger partial charge in [-0.3, -0.25) is 14.2 Å². The van der Waals surface area contributed by atoms with E-state index >= 15 is 0 Å². The van der Waals surface area contributed by atoms with E-state index in [0.717, 1.165) is 52.4 Å². The van der Waals surface area contributed by atoms with E-state index in [1.807, 2.05) is 30.3 Å². The van der Waals surface area contributed by atoms with Gasteiger partial charge < -0.3 is 5.11 Å². The fraction of sp³-hybridized carbons (Fsp3) is 0.435. The van der Waals surface area contributed by atoms with Crippen LogP contribution in [0.25, 0.3) is 10.2 Å². The first kappa shape index (κ1) is 21.1. The van der Waals surface area contributed by atoms with Gasteiger partial charge in [0.2, 0.25) is 0 Å². The van der Waals surface area contributed by atoms with Crippen molar-refractivity contribution in [3.8, 4) is 0 Å². The molecule has 0 aliphatic heterocycles. The van der Waals surface area contributed by atoms with E-state index < -0.39 is 5.97 Å². The minimum atomic E-state index is -0.917. The van der Waals surface area contributed by atoms with Crippen LogP contribution in [0.1, 0.15) is 43.2 Å². The van der Waals surface area contributed by atoms with Crippen LogP contribution < -0.4 is 5.56 Å². The van der Waals surface area contributed by atoms with Crippen molar-refractivity contribution in [2.24, 2.45) is 11.3 Å². The summed E-state index contributed by atoms with van der Waals surface area (Å²) in [5, 5.41) is 10.4. The lowest BCUT2D eigenvalue weighted by molar-refractivity contribution is -0.133. The second kappa shape index (κ2) is 8.19. The number of aromatic nitrogens is 2. The quantitative estimate of drug-likeness (QED) is 0.452. The fourth-order valence-corrected chi connectivity index (χ4v) is 6.18. The maximum atomic E-state index is 13.6. The summed E-state index contributed by atoms with van der Waals surface area (Å²) < 4.78 is 1.65. The van der Waals surface area contributed by atoms with Crippen molar-refractivity contribution in [3.05, 3.63) is 56.7 Å². The van der Waals surface area contributed by atoms with Gasteiger partial charge in [0.15, 0.2) is 5.16 Å². The summed E-state index contributed by atoms with van der Waals surface area (Å²) in [4.78, 5) is 31.5. The van der Waals surface area contributed by atoms with Crippen LogP contribution in [0, 0.1) is 11.3 Å². The zero-order valence-corrected chi connectivity index (χ0v) is 19.1. The number of benzene rings is 1. The van der Waals surface area contributed by atoms with E-state index in [-0.39, 0.29) is 16.7 Å². The Kier molecular flexibility index (Phi) is 5.77. The predicted molar refractivity (Wildman–Crippen MR) is 123 cm³/mol.